The molecule has 150 valence electrons. The maximum Gasteiger partial charge on any atom is 0.251 e. The number of hydrogen-bond acceptors (Lipinski definition) is 4. The van der Waals surface area contributed by atoms with Crippen molar-refractivity contribution in [2.75, 3.05) is 19.8 Å². The van der Waals surface area contributed by atoms with Crippen LogP contribution < -0.4 is 20.1 Å². The topological polar surface area (TPSA) is 76.7 Å². The standard InChI is InChI=1S/C21H25FN2O4/c1-4-27-18-11-8-16(12-19(18)28-5-2)14(3)24-20(25)13-23-21(26)15-6-9-17(22)10-7-15/h6-12,14H,4-5,13H2,1-3H3,(H,23,26)(H,24,25). The number of carbonyl (C=O) groups is 2. The smallest absolute Gasteiger partial charge is 0.251 e. The number of benzene rings is 2. The van der Waals surface area contributed by atoms with E-state index in [0.29, 0.717) is 24.7 Å². The zero-order valence-electron chi connectivity index (χ0n) is 16.3. The molecule has 2 aromatic rings. The van der Waals surface area contributed by atoms with Crippen molar-refractivity contribution >= 4 is 11.8 Å². The third-order valence-corrected chi connectivity index (χ3v) is 3.96. The highest BCUT2D eigenvalue weighted by molar-refractivity contribution is 5.96. The van der Waals surface area contributed by atoms with Crippen LogP contribution in [0.25, 0.3) is 0 Å². The number of rotatable bonds is 9. The lowest BCUT2D eigenvalue weighted by atomic mass is 10.1. The van der Waals surface area contributed by atoms with Gasteiger partial charge in [-0.15, -0.1) is 0 Å². The molecule has 2 amide bonds. The summed E-state index contributed by atoms with van der Waals surface area (Å²) < 4.78 is 24.0. The Morgan fingerprint density at radius 1 is 1.00 bits per heavy atom. The summed E-state index contributed by atoms with van der Waals surface area (Å²) in [5.74, 6) is 0.0629. The SMILES string of the molecule is CCOc1ccc(C(C)NC(=O)CNC(=O)c2ccc(F)cc2)cc1OCC. The van der Waals surface area contributed by atoms with E-state index in [2.05, 4.69) is 10.6 Å². The van der Waals surface area contributed by atoms with Crippen molar-refractivity contribution in [3.63, 3.8) is 0 Å². The molecule has 28 heavy (non-hydrogen) atoms. The fraction of sp³-hybridized carbons (Fsp3) is 0.333. The van der Waals surface area contributed by atoms with Gasteiger partial charge in [-0.25, -0.2) is 4.39 Å². The van der Waals surface area contributed by atoms with E-state index < -0.39 is 11.7 Å². The van der Waals surface area contributed by atoms with E-state index in [1.165, 1.54) is 24.3 Å². The third kappa shape index (κ3) is 5.97. The van der Waals surface area contributed by atoms with Gasteiger partial charge in [-0.3, -0.25) is 9.59 Å². The van der Waals surface area contributed by atoms with Crippen molar-refractivity contribution in [3.8, 4) is 11.5 Å². The van der Waals surface area contributed by atoms with Crippen molar-refractivity contribution in [2.45, 2.75) is 26.8 Å². The third-order valence-electron chi connectivity index (χ3n) is 3.96. The van der Waals surface area contributed by atoms with Crippen LogP contribution in [0, 0.1) is 5.82 Å². The number of halogens is 1. The summed E-state index contributed by atoms with van der Waals surface area (Å²) in [7, 11) is 0. The molecule has 6 nitrogen and oxygen atoms in total. The van der Waals surface area contributed by atoms with Gasteiger partial charge in [0, 0.05) is 5.56 Å². The Bertz CT molecular complexity index is 809. The van der Waals surface area contributed by atoms with E-state index in [1.807, 2.05) is 39.0 Å². The fourth-order valence-electron chi connectivity index (χ4n) is 2.58. The predicted molar refractivity (Wildman–Crippen MR) is 104 cm³/mol. The zero-order chi connectivity index (χ0) is 20.5. The van der Waals surface area contributed by atoms with Gasteiger partial charge in [0.2, 0.25) is 5.91 Å². The summed E-state index contributed by atoms with van der Waals surface area (Å²) in [6.45, 7) is 6.46. The van der Waals surface area contributed by atoms with Crippen LogP contribution in [0.5, 0.6) is 11.5 Å². The first-order valence-electron chi connectivity index (χ1n) is 9.17. The number of hydrogen-bond donors (Lipinski definition) is 2. The largest absolute Gasteiger partial charge is 0.490 e. The number of carbonyl (C=O) groups excluding carboxylic acids is 2. The molecule has 2 rings (SSSR count). The van der Waals surface area contributed by atoms with Gasteiger partial charge in [0.1, 0.15) is 5.82 Å². The second-order valence-electron chi connectivity index (χ2n) is 6.05. The molecular weight excluding hydrogens is 363 g/mol. The molecule has 0 saturated heterocycles. The summed E-state index contributed by atoms with van der Waals surface area (Å²) in [6, 6.07) is 10.3. The van der Waals surface area contributed by atoms with Crippen LogP contribution in [0.15, 0.2) is 42.5 Å². The average molecular weight is 388 g/mol. The van der Waals surface area contributed by atoms with Crippen LogP contribution in [-0.4, -0.2) is 31.6 Å². The Labute approximate surface area is 164 Å². The van der Waals surface area contributed by atoms with Crippen molar-refractivity contribution < 1.29 is 23.5 Å². The van der Waals surface area contributed by atoms with Gasteiger partial charge >= 0.3 is 0 Å². The molecule has 0 spiro atoms. The van der Waals surface area contributed by atoms with Gasteiger partial charge in [0.15, 0.2) is 11.5 Å². The minimum atomic E-state index is -0.442. The number of amides is 2. The van der Waals surface area contributed by atoms with E-state index in [1.54, 1.807) is 0 Å². The molecule has 1 atom stereocenters. The molecule has 7 heteroatoms. The molecule has 0 radical (unpaired) electrons. The first-order valence-corrected chi connectivity index (χ1v) is 9.17. The Kier molecular flexibility index (Phi) is 7.80. The molecule has 0 aliphatic rings. The highest BCUT2D eigenvalue weighted by Gasteiger charge is 2.14. The first kappa shape index (κ1) is 21.2. The van der Waals surface area contributed by atoms with Gasteiger partial charge in [0.05, 0.1) is 25.8 Å². The van der Waals surface area contributed by atoms with Gasteiger partial charge in [-0.05, 0) is 62.7 Å². The zero-order valence-corrected chi connectivity index (χ0v) is 16.3. The molecule has 0 bridgehead atoms. The van der Waals surface area contributed by atoms with Crippen LogP contribution in [0.3, 0.4) is 0 Å². The molecule has 1 unspecified atom stereocenters. The quantitative estimate of drug-likeness (QED) is 0.692. The minimum Gasteiger partial charge on any atom is -0.490 e. The molecule has 2 N–H and O–H groups in total. The highest BCUT2D eigenvalue weighted by Crippen LogP contribution is 2.30. The van der Waals surface area contributed by atoms with Crippen molar-refractivity contribution in [3.05, 3.63) is 59.4 Å². The van der Waals surface area contributed by atoms with E-state index in [4.69, 9.17) is 9.47 Å². The average Bonchev–Trinajstić information content (AvgIpc) is 2.68. The maximum absolute atomic E-state index is 12.9. The van der Waals surface area contributed by atoms with Gasteiger partial charge < -0.3 is 20.1 Å². The summed E-state index contributed by atoms with van der Waals surface area (Å²) in [5.41, 5.74) is 1.14. The number of ether oxygens (including phenoxy) is 2. The number of nitrogens with one attached hydrogen (secondary N) is 2. The van der Waals surface area contributed by atoms with E-state index in [9.17, 15) is 14.0 Å². The molecule has 2 aromatic carbocycles. The minimum absolute atomic E-state index is 0.185. The molecule has 0 saturated carbocycles. The second-order valence-corrected chi connectivity index (χ2v) is 6.05. The molecule has 0 aromatic heterocycles. The van der Waals surface area contributed by atoms with E-state index >= 15 is 0 Å². The van der Waals surface area contributed by atoms with Crippen molar-refractivity contribution in [2.24, 2.45) is 0 Å². The molecule has 0 fully saturated rings. The van der Waals surface area contributed by atoms with Gasteiger partial charge in [-0.2, -0.15) is 0 Å². The van der Waals surface area contributed by atoms with Crippen molar-refractivity contribution in [1.29, 1.82) is 0 Å². The van der Waals surface area contributed by atoms with Gasteiger partial charge in [-0.1, -0.05) is 6.07 Å². The molecule has 0 aliphatic carbocycles. The van der Waals surface area contributed by atoms with Crippen LogP contribution in [0.1, 0.15) is 42.7 Å². The lowest BCUT2D eigenvalue weighted by molar-refractivity contribution is -0.120. The maximum atomic E-state index is 12.9. The van der Waals surface area contributed by atoms with Crippen LogP contribution in [0.4, 0.5) is 4.39 Å². The van der Waals surface area contributed by atoms with E-state index in [-0.39, 0.29) is 24.1 Å². The monoisotopic (exact) mass is 388 g/mol. The van der Waals surface area contributed by atoms with Crippen molar-refractivity contribution in [1.82, 2.24) is 10.6 Å². The predicted octanol–water partition coefficient (Wildman–Crippen LogP) is 3.23. The van der Waals surface area contributed by atoms with Crippen LogP contribution in [0.2, 0.25) is 0 Å². The lowest BCUT2D eigenvalue weighted by Gasteiger charge is -2.17. The Morgan fingerprint density at radius 3 is 2.29 bits per heavy atom. The highest BCUT2D eigenvalue weighted by atomic mass is 19.1. The Morgan fingerprint density at radius 2 is 1.64 bits per heavy atom. The molecule has 0 aliphatic heterocycles. The lowest BCUT2D eigenvalue weighted by Crippen LogP contribution is -2.38. The first-order chi connectivity index (χ1) is 13.4. The Balaban J connectivity index is 1.93. The summed E-state index contributed by atoms with van der Waals surface area (Å²) >= 11 is 0. The van der Waals surface area contributed by atoms with Crippen LogP contribution >= 0.6 is 0 Å². The van der Waals surface area contributed by atoms with Crippen LogP contribution in [-0.2, 0) is 4.79 Å². The summed E-state index contributed by atoms with van der Waals surface area (Å²) in [5, 5.41) is 5.34. The molecular formula is C21H25FN2O4. The second kappa shape index (κ2) is 10.3. The van der Waals surface area contributed by atoms with E-state index in [0.717, 1.165) is 5.56 Å². The summed E-state index contributed by atoms with van der Waals surface area (Å²) in [6.07, 6.45) is 0. The van der Waals surface area contributed by atoms with Gasteiger partial charge in [0.25, 0.3) is 5.91 Å². The molecule has 0 heterocycles. The fourth-order valence-corrected chi connectivity index (χ4v) is 2.58. The normalized spacial score (nSPS) is 11.4. The Hall–Kier alpha value is -3.09. The summed E-state index contributed by atoms with van der Waals surface area (Å²) in [4.78, 5) is 24.1.